The van der Waals surface area contributed by atoms with Gasteiger partial charge in [-0.3, -0.25) is 4.90 Å². The fraction of sp³-hybridized carbons (Fsp3) is 0.647. The van der Waals surface area contributed by atoms with Gasteiger partial charge in [0, 0.05) is 25.7 Å². The quantitative estimate of drug-likeness (QED) is 0.911. The summed E-state index contributed by atoms with van der Waals surface area (Å²) in [5.41, 5.74) is 4.10. The summed E-state index contributed by atoms with van der Waals surface area (Å²) in [6, 6.07) is 7.40. The van der Waals surface area contributed by atoms with Gasteiger partial charge in [-0.1, -0.05) is 18.2 Å². The van der Waals surface area contributed by atoms with Crippen molar-refractivity contribution in [1.29, 1.82) is 0 Å². The van der Waals surface area contributed by atoms with Crippen LogP contribution in [-0.2, 0) is 11.3 Å². The highest BCUT2D eigenvalue weighted by Crippen LogP contribution is 2.22. The molecule has 1 aromatic rings. The Kier molecular flexibility index (Phi) is 4.39. The molecule has 110 valence electrons. The molecular weight excluding hydrogens is 248 g/mol. The molecule has 2 aliphatic heterocycles. The van der Waals surface area contributed by atoms with Crippen LogP contribution in [0.5, 0.6) is 0 Å². The number of aryl methyl sites for hydroxylation is 2. The van der Waals surface area contributed by atoms with Gasteiger partial charge >= 0.3 is 0 Å². The predicted octanol–water partition coefficient (Wildman–Crippen LogP) is 2.26. The van der Waals surface area contributed by atoms with E-state index >= 15 is 0 Å². The minimum atomic E-state index is 0.357. The topological polar surface area (TPSA) is 24.5 Å². The van der Waals surface area contributed by atoms with Crippen LogP contribution in [0.15, 0.2) is 18.2 Å². The first-order valence-electron chi connectivity index (χ1n) is 7.85. The number of benzene rings is 1. The minimum Gasteiger partial charge on any atom is -0.374 e. The molecule has 0 spiro atoms. The van der Waals surface area contributed by atoms with E-state index in [1.54, 1.807) is 0 Å². The second-order valence-electron chi connectivity index (χ2n) is 6.30. The average Bonchev–Trinajstić information content (AvgIpc) is 2.90. The van der Waals surface area contributed by atoms with Crippen molar-refractivity contribution in [1.82, 2.24) is 10.2 Å². The van der Waals surface area contributed by atoms with Crippen molar-refractivity contribution < 1.29 is 4.74 Å². The largest absolute Gasteiger partial charge is 0.374 e. The van der Waals surface area contributed by atoms with Gasteiger partial charge in [-0.25, -0.2) is 0 Å². The molecule has 0 saturated carbocycles. The Morgan fingerprint density at radius 3 is 3.05 bits per heavy atom. The number of nitrogens with one attached hydrogen (secondary N) is 1. The fourth-order valence-electron chi connectivity index (χ4n) is 3.30. The molecule has 2 unspecified atom stereocenters. The van der Waals surface area contributed by atoms with Crippen molar-refractivity contribution in [3.8, 4) is 0 Å². The summed E-state index contributed by atoms with van der Waals surface area (Å²) in [7, 11) is 0. The van der Waals surface area contributed by atoms with Crippen LogP contribution < -0.4 is 5.32 Å². The Balaban J connectivity index is 1.44. The highest BCUT2D eigenvalue weighted by Gasteiger charge is 2.31. The van der Waals surface area contributed by atoms with E-state index in [-0.39, 0.29) is 0 Å². The maximum atomic E-state index is 5.97. The fourth-order valence-corrected chi connectivity index (χ4v) is 3.30. The number of ether oxygens (including phenoxy) is 1. The molecule has 3 nitrogen and oxygen atoms in total. The number of rotatable bonds is 4. The monoisotopic (exact) mass is 274 g/mol. The van der Waals surface area contributed by atoms with Crippen LogP contribution in [0.4, 0.5) is 0 Å². The number of fused-ring (bicyclic) bond motifs is 1. The Hall–Kier alpha value is -0.900. The maximum absolute atomic E-state index is 5.97. The standard InChI is InChI=1S/C17H26N2O/c1-13-5-6-15(8-14(13)2)9-18-10-17-11-19-7-3-4-16(19)12-20-17/h5-6,8,16-18H,3-4,7,9-12H2,1-2H3. The van der Waals surface area contributed by atoms with E-state index in [1.165, 1.54) is 36.1 Å². The summed E-state index contributed by atoms with van der Waals surface area (Å²) in [4.78, 5) is 2.60. The molecule has 20 heavy (non-hydrogen) atoms. The van der Waals surface area contributed by atoms with E-state index < -0.39 is 0 Å². The number of hydrogen-bond acceptors (Lipinski definition) is 3. The van der Waals surface area contributed by atoms with Gasteiger partial charge in [-0.05, 0) is 49.9 Å². The molecule has 0 amide bonds. The third-order valence-electron chi connectivity index (χ3n) is 4.73. The summed E-state index contributed by atoms with van der Waals surface area (Å²) in [5.74, 6) is 0. The van der Waals surface area contributed by atoms with Crippen molar-refractivity contribution in [2.45, 2.75) is 45.4 Å². The molecule has 2 saturated heterocycles. The van der Waals surface area contributed by atoms with Crippen molar-refractivity contribution >= 4 is 0 Å². The number of hydrogen-bond donors (Lipinski definition) is 1. The molecule has 1 N–H and O–H groups in total. The van der Waals surface area contributed by atoms with Crippen molar-refractivity contribution in [2.75, 3.05) is 26.2 Å². The molecule has 2 atom stereocenters. The summed E-state index contributed by atoms with van der Waals surface area (Å²) in [5, 5.41) is 3.55. The lowest BCUT2D eigenvalue weighted by molar-refractivity contribution is -0.0470. The third kappa shape index (κ3) is 3.22. The second kappa shape index (κ2) is 6.25. The SMILES string of the molecule is Cc1ccc(CNCC2CN3CCCC3CO2)cc1C. The lowest BCUT2D eigenvalue weighted by atomic mass is 10.1. The normalized spacial score (nSPS) is 26.7. The zero-order valence-corrected chi connectivity index (χ0v) is 12.7. The highest BCUT2D eigenvalue weighted by molar-refractivity contribution is 5.29. The summed E-state index contributed by atoms with van der Waals surface area (Å²) in [6.45, 7) is 9.52. The molecule has 2 heterocycles. The van der Waals surface area contributed by atoms with Crippen LogP contribution in [0.1, 0.15) is 29.5 Å². The Morgan fingerprint density at radius 2 is 2.20 bits per heavy atom. The van der Waals surface area contributed by atoms with Crippen LogP contribution >= 0.6 is 0 Å². The van der Waals surface area contributed by atoms with Gasteiger partial charge < -0.3 is 10.1 Å². The Labute approximate surface area is 122 Å². The van der Waals surface area contributed by atoms with Crippen molar-refractivity contribution in [2.24, 2.45) is 0 Å². The first-order chi connectivity index (χ1) is 9.72. The lowest BCUT2D eigenvalue weighted by Crippen LogP contribution is -2.49. The molecule has 3 heteroatoms. The summed E-state index contributed by atoms with van der Waals surface area (Å²) < 4.78 is 5.97. The molecule has 2 aliphatic rings. The highest BCUT2D eigenvalue weighted by atomic mass is 16.5. The average molecular weight is 274 g/mol. The van der Waals surface area contributed by atoms with Crippen LogP contribution in [0.3, 0.4) is 0 Å². The van der Waals surface area contributed by atoms with E-state index in [1.807, 2.05) is 0 Å². The predicted molar refractivity (Wildman–Crippen MR) is 82.0 cm³/mol. The Morgan fingerprint density at radius 1 is 1.30 bits per heavy atom. The molecule has 3 rings (SSSR count). The summed E-state index contributed by atoms with van der Waals surface area (Å²) >= 11 is 0. The summed E-state index contributed by atoms with van der Waals surface area (Å²) in [6.07, 6.45) is 3.02. The van der Waals surface area contributed by atoms with Gasteiger partial charge in [0.25, 0.3) is 0 Å². The van der Waals surface area contributed by atoms with Crippen molar-refractivity contribution in [3.63, 3.8) is 0 Å². The molecule has 0 radical (unpaired) electrons. The van der Waals surface area contributed by atoms with E-state index in [2.05, 4.69) is 42.3 Å². The number of morpholine rings is 1. The van der Waals surface area contributed by atoms with Crippen LogP contribution in [0.2, 0.25) is 0 Å². The van der Waals surface area contributed by atoms with Crippen LogP contribution in [-0.4, -0.2) is 43.3 Å². The zero-order chi connectivity index (χ0) is 13.9. The molecule has 0 aromatic heterocycles. The smallest absolute Gasteiger partial charge is 0.0827 e. The van der Waals surface area contributed by atoms with Crippen LogP contribution in [0, 0.1) is 13.8 Å². The molecule has 0 aliphatic carbocycles. The maximum Gasteiger partial charge on any atom is 0.0827 e. The van der Waals surface area contributed by atoms with Gasteiger partial charge in [0.2, 0.25) is 0 Å². The molecule has 0 bridgehead atoms. The number of nitrogens with zero attached hydrogens (tertiary/aromatic N) is 1. The zero-order valence-electron chi connectivity index (χ0n) is 12.7. The van der Waals surface area contributed by atoms with E-state index in [9.17, 15) is 0 Å². The first-order valence-corrected chi connectivity index (χ1v) is 7.85. The van der Waals surface area contributed by atoms with Crippen LogP contribution in [0.25, 0.3) is 0 Å². The molecular formula is C17H26N2O. The lowest BCUT2D eigenvalue weighted by Gasteiger charge is -2.35. The van der Waals surface area contributed by atoms with Gasteiger partial charge in [-0.2, -0.15) is 0 Å². The third-order valence-corrected chi connectivity index (χ3v) is 4.73. The molecule has 2 fully saturated rings. The van der Waals surface area contributed by atoms with Gasteiger partial charge in [-0.15, -0.1) is 0 Å². The van der Waals surface area contributed by atoms with E-state index in [0.717, 1.165) is 26.2 Å². The first kappa shape index (κ1) is 14.1. The Bertz CT molecular complexity index is 460. The second-order valence-corrected chi connectivity index (χ2v) is 6.30. The van der Waals surface area contributed by atoms with Gasteiger partial charge in [0.05, 0.1) is 12.7 Å². The minimum absolute atomic E-state index is 0.357. The van der Waals surface area contributed by atoms with Crippen molar-refractivity contribution in [3.05, 3.63) is 34.9 Å². The van der Waals surface area contributed by atoms with Gasteiger partial charge in [0.15, 0.2) is 0 Å². The van der Waals surface area contributed by atoms with E-state index in [4.69, 9.17) is 4.74 Å². The molecule has 1 aromatic carbocycles. The van der Waals surface area contributed by atoms with Gasteiger partial charge in [0.1, 0.15) is 0 Å². The van der Waals surface area contributed by atoms with E-state index in [0.29, 0.717) is 12.1 Å².